The molecule has 0 aliphatic carbocycles. The number of benzene rings is 2. The van der Waals surface area contributed by atoms with E-state index in [0.29, 0.717) is 22.8 Å². The van der Waals surface area contributed by atoms with Gasteiger partial charge in [0.15, 0.2) is 5.52 Å². The second kappa shape index (κ2) is 8.41. The number of methoxy groups -OCH3 is 3. The molecule has 0 radical (unpaired) electrons. The maximum absolute atomic E-state index is 12.9. The Hall–Kier alpha value is -2.26. The summed E-state index contributed by atoms with van der Waals surface area (Å²) in [4.78, 5) is 12.9. The zero-order valence-electron chi connectivity index (χ0n) is 16.0. The number of carbonyl (C=O) groups is 1. The minimum Gasteiger partial charge on any atom is -0.496 e. The van der Waals surface area contributed by atoms with Crippen LogP contribution in [0.5, 0.6) is 23.0 Å². The lowest BCUT2D eigenvalue weighted by atomic mass is 10.2. The van der Waals surface area contributed by atoms with Gasteiger partial charge in [-0.15, -0.1) is 0 Å². The van der Waals surface area contributed by atoms with Crippen molar-refractivity contribution in [3.05, 3.63) is 42.0 Å². The average molecular weight is 376 g/mol. The Morgan fingerprint density at radius 1 is 0.846 bits per heavy atom. The quantitative estimate of drug-likeness (QED) is 0.683. The second-order valence-corrected chi connectivity index (χ2v) is 7.88. The van der Waals surface area contributed by atoms with Gasteiger partial charge < -0.3 is 18.9 Å². The largest absolute Gasteiger partial charge is 0.496 e. The molecule has 0 spiro atoms. The van der Waals surface area contributed by atoms with E-state index in [2.05, 4.69) is 0 Å². The third kappa shape index (κ3) is 5.12. The maximum Gasteiger partial charge on any atom is 0.193 e. The SMILES string of the molecule is COc1cc(OC)c(C(=O)Pc2ccc(OC(C)(C)C)cc2)c(OC)c1. The third-order valence-electron chi connectivity index (χ3n) is 3.48. The molecule has 0 saturated carbocycles. The van der Waals surface area contributed by atoms with Crippen molar-refractivity contribution in [2.45, 2.75) is 26.4 Å². The molecule has 0 heterocycles. The predicted octanol–water partition coefficient (Wildman–Crippen LogP) is 4.03. The lowest BCUT2D eigenvalue weighted by molar-refractivity contribution is 0.108. The van der Waals surface area contributed by atoms with E-state index >= 15 is 0 Å². The highest BCUT2D eigenvalue weighted by atomic mass is 31.1. The van der Waals surface area contributed by atoms with E-state index in [0.717, 1.165) is 11.1 Å². The van der Waals surface area contributed by atoms with Crippen molar-refractivity contribution >= 4 is 19.4 Å². The number of carbonyl (C=O) groups excluding carboxylic acids is 1. The van der Waals surface area contributed by atoms with Crippen molar-refractivity contribution in [3.63, 3.8) is 0 Å². The summed E-state index contributed by atoms with van der Waals surface area (Å²) in [6.45, 7) is 5.98. The summed E-state index contributed by atoms with van der Waals surface area (Å²) in [6, 6.07) is 10.9. The lowest BCUT2D eigenvalue weighted by Crippen LogP contribution is -2.23. The number of hydrogen-bond donors (Lipinski definition) is 0. The fourth-order valence-electron chi connectivity index (χ4n) is 2.38. The van der Waals surface area contributed by atoms with Crippen LogP contribution in [0.3, 0.4) is 0 Å². The highest BCUT2D eigenvalue weighted by Gasteiger charge is 2.21. The van der Waals surface area contributed by atoms with Gasteiger partial charge in [-0.05, 0) is 46.8 Å². The van der Waals surface area contributed by atoms with Crippen LogP contribution >= 0.6 is 8.58 Å². The van der Waals surface area contributed by atoms with Crippen LogP contribution in [0, 0.1) is 0 Å². The van der Waals surface area contributed by atoms with Gasteiger partial charge in [0.2, 0.25) is 0 Å². The van der Waals surface area contributed by atoms with E-state index in [1.807, 2.05) is 45.0 Å². The minimum atomic E-state index is -0.260. The zero-order chi connectivity index (χ0) is 19.3. The van der Waals surface area contributed by atoms with E-state index < -0.39 is 0 Å². The topological polar surface area (TPSA) is 54.0 Å². The van der Waals surface area contributed by atoms with Gasteiger partial charge in [0.25, 0.3) is 0 Å². The molecule has 0 saturated heterocycles. The molecule has 2 rings (SSSR count). The molecule has 0 aromatic heterocycles. The van der Waals surface area contributed by atoms with E-state index in [-0.39, 0.29) is 19.7 Å². The predicted molar refractivity (Wildman–Crippen MR) is 105 cm³/mol. The van der Waals surface area contributed by atoms with Crippen LogP contribution < -0.4 is 24.3 Å². The number of hydrogen-bond acceptors (Lipinski definition) is 5. The molecule has 0 aliphatic rings. The molecule has 0 fully saturated rings. The minimum absolute atomic E-state index is 0.0589. The van der Waals surface area contributed by atoms with Crippen LogP contribution in [0.4, 0.5) is 0 Å². The molecule has 140 valence electrons. The van der Waals surface area contributed by atoms with Gasteiger partial charge in [-0.25, -0.2) is 0 Å². The second-order valence-electron chi connectivity index (χ2n) is 6.60. The van der Waals surface area contributed by atoms with Crippen LogP contribution in [0.2, 0.25) is 0 Å². The third-order valence-corrected chi connectivity index (χ3v) is 4.58. The molecule has 0 N–H and O–H groups in total. The molecule has 0 aliphatic heterocycles. The Bertz CT molecular complexity index is 738. The molecule has 1 unspecified atom stereocenters. The first-order chi connectivity index (χ1) is 12.3. The molecule has 26 heavy (non-hydrogen) atoms. The summed E-state index contributed by atoms with van der Waals surface area (Å²) in [5.74, 6) is 2.22. The normalized spacial score (nSPS) is 11.5. The molecule has 5 nitrogen and oxygen atoms in total. The van der Waals surface area contributed by atoms with Crippen molar-refractivity contribution in [3.8, 4) is 23.0 Å². The molecule has 0 bridgehead atoms. The number of rotatable bonds is 7. The van der Waals surface area contributed by atoms with Crippen molar-refractivity contribution in [1.82, 2.24) is 0 Å². The standard InChI is InChI=1S/C20H25O5P/c1-20(2,3)25-13-7-9-15(10-8-13)26-19(21)18-16(23-5)11-14(22-4)12-17(18)24-6/h7-12,26H,1-6H3. The summed E-state index contributed by atoms with van der Waals surface area (Å²) in [5.41, 5.74) is 0.0960. The van der Waals surface area contributed by atoms with Crippen LogP contribution in [0.25, 0.3) is 0 Å². The van der Waals surface area contributed by atoms with Crippen LogP contribution in [-0.2, 0) is 0 Å². The zero-order valence-corrected chi connectivity index (χ0v) is 17.0. The monoisotopic (exact) mass is 376 g/mol. The van der Waals surface area contributed by atoms with E-state index in [1.165, 1.54) is 14.2 Å². The van der Waals surface area contributed by atoms with E-state index in [9.17, 15) is 4.79 Å². The van der Waals surface area contributed by atoms with Gasteiger partial charge in [0.1, 0.15) is 34.2 Å². The molecular weight excluding hydrogens is 351 g/mol. The fraction of sp³-hybridized carbons (Fsp3) is 0.350. The first kappa shape index (κ1) is 20.1. The first-order valence-electron chi connectivity index (χ1n) is 8.18. The van der Waals surface area contributed by atoms with Gasteiger partial charge >= 0.3 is 0 Å². The molecule has 0 amide bonds. The highest BCUT2D eigenvalue weighted by molar-refractivity contribution is 7.66. The van der Waals surface area contributed by atoms with Crippen molar-refractivity contribution in [2.75, 3.05) is 21.3 Å². The summed E-state index contributed by atoms with van der Waals surface area (Å²) in [5, 5.41) is 0.913. The van der Waals surface area contributed by atoms with Crippen LogP contribution in [-0.4, -0.2) is 32.5 Å². The smallest absolute Gasteiger partial charge is 0.193 e. The summed E-state index contributed by atoms with van der Waals surface area (Å²) in [6.07, 6.45) is 0. The molecule has 1 atom stereocenters. The fourth-order valence-corrected chi connectivity index (χ4v) is 3.35. The Labute approximate surface area is 156 Å². The van der Waals surface area contributed by atoms with Crippen molar-refractivity contribution in [2.24, 2.45) is 0 Å². The Balaban J connectivity index is 2.24. The van der Waals surface area contributed by atoms with Crippen molar-refractivity contribution in [1.29, 1.82) is 0 Å². The van der Waals surface area contributed by atoms with Crippen LogP contribution in [0.1, 0.15) is 31.1 Å². The Morgan fingerprint density at radius 2 is 1.38 bits per heavy atom. The molecular formula is C20H25O5P. The maximum atomic E-state index is 12.9. The van der Waals surface area contributed by atoms with E-state index in [1.54, 1.807) is 19.2 Å². The average Bonchev–Trinajstić information content (AvgIpc) is 2.60. The van der Waals surface area contributed by atoms with Gasteiger partial charge in [-0.1, -0.05) is 12.1 Å². The summed E-state index contributed by atoms with van der Waals surface area (Å²) < 4.78 is 21.8. The molecule has 6 heteroatoms. The van der Waals surface area contributed by atoms with Gasteiger partial charge in [-0.2, -0.15) is 0 Å². The summed E-state index contributed by atoms with van der Waals surface area (Å²) in [7, 11) is 4.54. The Morgan fingerprint density at radius 3 is 1.81 bits per heavy atom. The van der Waals surface area contributed by atoms with E-state index in [4.69, 9.17) is 18.9 Å². The lowest BCUT2D eigenvalue weighted by Gasteiger charge is -2.21. The Kier molecular flexibility index (Phi) is 6.49. The van der Waals surface area contributed by atoms with Crippen LogP contribution in [0.15, 0.2) is 36.4 Å². The highest BCUT2D eigenvalue weighted by Crippen LogP contribution is 2.37. The molecule has 2 aromatic carbocycles. The molecule has 2 aromatic rings. The van der Waals surface area contributed by atoms with Crippen molar-refractivity contribution < 1.29 is 23.7 Å². The van der Waals surface area contributed by atoms with Gasteiger partial charge in [0.05, 0.1) is 21.3 Å². The summed E-state index contributed by atoms with van der Waals surface area (Å²) >= 11 is 0. The first-order valence-corrected chi connectivity index (χ1v) is 9.18. The van der Waals surface area contributed by atoms with Gasteiger partial charge in [0, 0.05) is 12.1 Å². The number of ether oxygens (including phenoxy) is 4. The van der Waals surface area contributed by atoms with Gasteiger partial charge in [-0.3, -0.25) is 4.79 Å².